The molecule has 1 fully saturated rings. The molecule has 0 atom stereocenters. The fourth-order valence-electron chi connectivity index (χ4n) is 2.19. The molecule has 3 N–H and O–H groups in total. The third kappa shape index (κ3) is 4.77. The number of nitrogens with two attached hydrogens (primary N) is 1. The lowest BCUT2D eigenvalue weighted by Gasteiger charge is -2.35. The van der Waals surface area contributed by atoms with Crippen LogP contribution in [0, 0.1) is 5.41 Å². The van der Waals surface area contributed by atoms with E-state index in [1.807, 2.05) is 0 Å². The van der Waals surface area contributed by atoms with Gasteiger partial charge in [-0.25, -0.2) is 0 Å². The van der Waals surface area contributed by atoms with Crippen LogP contribution in [0.2, 0.25) is 0 Å². The van der Waals surface area contributed by atoms with Crippen molar-refractivity contribution in [1.29, 1.82) is 0 Å². The summed E-state index contributed by atoms with van der Waals surface area (Å²) in [5, 5.41) is 2.99. The maximum Gasteiger partial charge on any atom is 0.188 e. The first-order valence-corrected chi connectivity index (χ1v) is 6.27. The van der Waals surface area contributed by atoms with Crippen molar-refractivity contribution >= 4 is 5.96 Å². The molecular formula is C13H25N3O. The highest BCUT2D eigenvalue weighted by Crippen LogP contribution is 2.36. The Hall–Kier alpha value is -1.03. The Kier molecular flexibility index (Phi) is 5.48. The van der Waals surface area contributed by atoms with Gasteiger partial charge in [0, 0.05) is 20.2 Å². The standard InChI is InChI=1S/C13H25N3O/c1-4-9-15-12(14)16-10-13(2)7-5-11(17-3)6-8-13/h4,11H,1,5-10H2,2-3H3,(H3,14,15,16). The van der Waals surface area contributed by atoms with Crippen LogP contribution in [0.4, 0.5) is 0 Å². The van der Waals surface area contributed by atoms with E-state index < -0.39 is 0 Å². The quantitative estimate of drug-likeness (QED) is 0.436. The fraction of sp³-hybridized carbons (Fsp3) is 0.769. The van der Waals surface area contributed by atoms with Crippen molar-refractivity contribution in [3.63, 3.8) is 0 Å². The number of guanidine groups is 1. The summed E-state index contributed by atoms with van der Waals surface area (Å²) in [6.07, 6.45) is 6.77. The van der Waals surface area contributed by atoms with Crippen LogP contribution in [0.25, 0.3) is 0 Å². The largest absolute Gasteiger partial charge is 0.381 e. The van der Waals surface area contributed by atoms with Crippen LogP contribution < -0.4 is 11.1 Å². The number of hydrogen-bond donors (Lipinski definition) is 2. The molecule has 98 valence electrons. The Labute approximate surface area is 104 Å². The van der Waals surface area contributed by atoms with Crippen molar-refractivity contribution in [3.8, 4) is 0 Å². The van der Waals surface area contributed by atoms with E-state index in [2.05, 4.69) is 23.8 Å². The SMILES string of the molecule is C=CCNC(N)=NCC1(C)CCC(OC)CC1. The molecule has 0 saturated heterocycles. The predicted octanol–water partition coefficient (Wildman–Crippen LogP) is 1.67. The molecule has 17 heavy (non-hydrogen) atoms. The molecule has 1 aliphatic rings. The number of hydrogen-bond acceptors (Lipinski definition) is 2. The van der Waals surface area contributed by atoms with Crippen molar-refractivity contribution in [1.82, 2.24) is 5.32 Å². The van der Waals surface area contributed by atoms with Gasteiger partial charge >= 0.3 is 0 Å². The Balaban J connectivity index is 2.37. The minimum Gasteiger partial charge on any atom is -0.381 e. The summed E-state index contributed by atoms with van der Waals surface area (Å²) in [6, 6.07) is 0. The number of nitrogens with zero attached hydrogens (tertiary/aromatic N) is 1. The first-order valence-electron chi connectivity index (χ1n) is 6.27. The van der Waals surface area contributed by atoms with E-state index in [0.29, 0.717) is 18.6 Å². The summed E-state index contributed by atoms with van der Waals surface area (Å²) in [4.78, 5) is 4.40. The Morgan fingerprint density at radius 1 is 1.59 bits per heavy atom. The van der Waals surface area contributed by atoms with Gasteiger partial charge in [0.25, 0.3) is 0 Å². The van der Waals surface area contributed by atoms with Gasteiger partial charge in [0.05, 0.1) is 6.10 Å². The van der Waals surface area contributed by atoms with E-state index >= 15 is 0 Å². The molecule has 1 saturated carbocycles. The van der Waals surface area contributed by atoms with Crippen molar-refractivity contribution in [2.45, 2.75) is 38.7 Å². The van der Waals surface area contributed by atoms with Gasteiger partial charge < -0.3 is 15.8 Å². The summed E-state index contributed by atoms with van der Waals surface area (Å²) in [7, 11) is 1.79. The molecule has 4 nitrogen and oxygen atoms in total. The van der Waals surface area contributed by atoms with Gasteiger partial charge in [-0.3, -0.25) is 4.99 Å². The second kappa shape index (κ2) is 6.64. The molecular weight excluding hydrogens is 214 g/mol. The zero-order valence-corrected chi connectivity index (χ0v) is 11.0. The molecule has 0 amide bonds. The maximum atomic E-state index is 5.76. The Morgan fingerprint density at radius 2 is 2.24 bits per heavy atom. The highest BCUT2D eigenvalue weighted by atomic mass is 16.5. The number of aliphatic imine (C=N–C) groups is 1. The minimum absolute atomic E-state index is 0.273. The molecule has 0 aliphatic heterocycles. The summed E-state index contributed by atoms with van der Waals surface area (Å²) >= 11 is 0. The van der Waals surface area contributed by atoms with Gasteiger partial charge in [-0.05, 0) is 31.1 Å². The van der Waals surface area contributed by atoms with Gasteiger partial charge in [-0.1, -0.05) is 13.0 Å². The molecule has 0 radical (unpaired) electrons. The first-order chi connectivity index (χ1) is 8.09. The van der Waals surface area contributed by atoms with Gasteiger partial charge in [0.1, 0.15) is 0 Å². The molecule has 0 bridgehead atoms. The lowest BCUT2D eigenvalue weighted by atomic mass is 9.75. The average Bonchev–Trinajstić information content (AvgIpc) is 2.35. The smallest absolute Gasteiger partial charge is 0.188 e. The van der Waals surface area contributed by atoms with Crippen molar-refractivity contribution in [3.05, 3.63) is 12.7 Å². The zero-order valence-electron chi connectivity index (χ0n) is 11.0. The Morgan fingerprint density at radius 3 is 2.76 bits per heavy atom. The number of ether oxygens (including phenoxy) is 1. The molecule has 0 aromatic heterocycles. The summed E-state index contributed by atoms with van der Waals surface area (Å²) in [5.74, 6) is 0.514. The second-order valence-electron chi connectivity index (χ2n) is 5.12. The predicted molar refractivity (Wildman–Crippen MR) is 72.1 cm³/mol. The van der Waals surface area contributed by atoms with E-state index in [0.717, 1.165) is 32.2 Å². The average molecular weight is 239 g/mol. The van der Waals surface area contributed by atoms with Crippen LogP contribution in [0.15, 0.2) is 17.6 Å². The van der Waals surface area contributed by atoms with E-state index in [1.165, 1.54) is 0 Å². The summed E-state index contributed by atoms with van der Waals surface area (Å²) in [5.41, 5.74) is 6.03. The second-order valence-corrected chi connectivity index (χ2v) is 5.12. The summed E-state index contributed by atoms with van der Waals surface area (Å²) in [6.45, 7) is 7.36. The van der Waals surface area contributed by atoms with Crippen LogP contribution in [-0.4, -0.2) is 32.3 Å². The molecule has 0 heterocycles. The molecule has 4 heteroatoms. The van der Waals surface area contributed by atoms with Crippen LogP contribution in [0.3, 0.4) is 0 Å². The first kappa shape index (κ1) is 14.0. The molecule has 1 aliphatic carbocycles. The number of methoxy groups -OCH3 is 1. The van der Waals surface area contributed by atoms with Crippen LogP contribution in [0.5, 0.6) is 0 Å². The van der Waals surface area contributed by atoms with Gasteiger partial charge in [-0.2, -0.15) is 0 Å². The minimum atomic E-state index is 0.273. The molecule has 0 aromatic rings. The highest BCUT2D eigenvalue weighted by molar-refractivity contribution is 5.77. The lowest BCUT2D eigenvalue weighted by Crippen LogP contribution is -2.35. The normalized spacial score (nSPS) is 30.0. The molecule has 1 rings (SSSR count). The van der Waals surface area contributed by atoms with Crippen molar-refractivity contribution in [2.75, 3.05) is 20.2 Å². The van der Waals surface area contributed by atoms with E-state index in [4.69, 9.17) is 10.5 Å². The maximum absolute atomic E-state index is 5.76. The van der Waals surface area contributed by atoms with Crippen molar-refractivity contribution in [2.24, 2.45) is 16.1 Å². The van der Waals surface area contributed by atoms with Crippen LogP contribution in [-0.2, 0) is 4.74 Å². The van der Waals surface area contributed by atoms with E-state index in [1.54, 1.807) is 13.2 Å². The monoisotopic (exact) mass is 239 g/mol. The van der Waals surface area contributed by atoms with Crippen LogP contribution in [0.1, 0.15) is 32.6 Å². The van der Waals surface area contributed by atoms with Gasteiger partial charge in [0.15, 0.2) is 5.96 Å². The summed E-state index contributed by atoms with van der Waals surface area (Å²) < 4.78 is 5.38. The van der Waals surface area contributed by atoms with Crippen LogP contribution >= 0.6 is 0 Å². The fourth-order valence-corrected chi connectivity index (χ4v) is 2.19. The zero-order chi connectivity index (χ0) is 12.7. The van der Waals surface area contributed by atoms with E-state index in [-0.39, 0.29) is 5.41 Å². The molecule has 0 spiro atoms. The van der Waals surface area contributed by atoms with Gasteiger partial charge in [-0.15, -0.1) is 6.58 Å². The number of rotatable bonds is 5. The third-order valence-electron chi connectivity index (χ3n) is 3.53. The topological polar surface area (TPSA) is 59.6 Å². The van der Waals surface area contributed by atoms with Gasteiger partial charge in [0.2, 0.25) is 0 Å². The number of nitrogens with one attached hydrogen (secondary N) is 1. The highest BCUT2D eigenvalue weighted by Gasteiger charge is 2.30. The Bertz CT molecular complexity index is 268. The lowest BCUT2D eigenvalue weighted by molar-refractivity contribution is 0.0353. The van der Waals surface area contributed by atoms with E-state index in [9.17, 15) is 0 Å². The van der Waals surface area contributed by atoms with Crippen molar-refractivity contribution < 1.29 is 4.74 Å². The molecule has 0 unspecified atom stereocenters. The third-order valence-corrected chi connectivity index (χ3v) is 3.53. The molecule has 0 aromatic carbocycles.